The molecule has 2 heterocycles. The minimum Gasteiger partial charge on any atom is -0.376 e. The van der Waals surface area contributed by atoms with Gasteiger partial charge in [0.1, 0.15) is 6.54 Å². The van der Waals surface area contributed by atoms with E-state index < -0.39 is 15.6 Å². The molecule has 10 heteroatoms. The molecule has 34 heavy (non-hydrogen) atoms. The van der Waals surface area contributed by atoms with Crippen LogP contribution in [0.5, 0.6) is 0 Å². The van der Waals surface area contributed by atoms with Crippen LogP contribution in [0.15, 0.2) is 52.3 Å². The molecule has 3 rings (SSSR count). The number of nitrogens with zero attached hydrogens (tertiary/aromatic N) is 3. The van der Waals surface area contributed by atoms with Gasteiger partial charge in [0.2, 0.25) is 15.9 Å². The predicted octanol–water partition coefficient (Wildman–Crippen LogP) is 1.42. The summed E-state index contributed by atoms with van der Waals surface area (Å²) in [6.45, 7) is 9.60. The second-order valence-electron chi connectivity index (χ2n) is 8.43. The van der Waals surface area contributed by atoms with Crippen molar-refractivity contribution >= 4 is 15.9 Å². The molecule has 186 valence electrons. The number of amides is 1. The van der Waals surface area contributed by atoms with E-state index in [1.807, 2.05) is 12.1 Å². The Morgan fingerprint density at radius 2 is 1.91 bits per heavy atom. The largest absolute Gasteiger partial charge is 0.376 e. The summed E-state index contributed by atoms with van der Waals surface area (Å²) in [6, 6.07) is 10.5. The molecule has 1 saturated heterocycles. The SMILES string of the molecule is CCN(CC)S(=O)(=O)c1ccc(=O)n(CC(=O)NCc2cccc(CN3CCOC(C)C3)c2)c1. The van der Waals surface area contributed by atoms with E-state index in [-0.39, 0.29) is 23.5 Å². The van der Waals surface area contributed by atoms with E-state index in [0.29, 0.717) is 19.6 Å². The van der Waals surface area contributed by atoms with Gasteiger partial charge >= 0.3 is 0 Å². The first-order valence-electron chi connectivity index (χ1n) is 11.6. The second-order valence-corrected chi connectivity index (χ2v) is 10.4. The van der Waals surface area contributed by atoms with E-state index in [0.717, 1.165) is 41.9 Å². The van der Waals surface area contributed by atoms with Crippen molar-refractivity contribution in [3.05, 3.63) is 64.1 Å². The van der Waals surface area contributed by atoms with Crippen molar-refractivity contribution in [1.29, 1.82) is 0 Å². The number of benzene rings is 1. The number of nitrogens with one attached hydrogen (secondary N) is 1. The molecule has 1 amide bonds. The van der Waals surface area contributed by atoms with Crippen LogP contribution in [0.4, 0.5) is 0 Å². The highest BCUT2D eigenvalue weighted by atomic mass is 32.2. The van der Waals surface area contributed by atoms with Gasteiger partial charge < -0.3 is 14.6 Å². The average molecular weight is 491 g/mol. The Balaban J connectivity index is 1.62. The fourth-order valence-corrected chi connectivity index (χ4v) is 5.52. The monoisotopic (exact) mass is 490 g/mol. The maximum Gasteiger partial charge on any atom is 0.251 e. The first-order valence-corrected chi connectivity index (χ1v) is 13.1. The standard InChI is InChI=1S/C24H34N4O5S/c1-4-28(5-2)34(31,32)22-9-10-24(30)27(17-22)18-23(29)25-14-20-7-6-8-21(13-20)16-26-11-12-33-19(3)15-26/h6-10,13,17,19H,4-5,11-12,14-16,18H2,1-3H3,(H,25,29). The van der Waals surface area contributed by atoms with Crippen molar-refractivity contribution in [3.63, 3.8) is 0 Å². The Kier molecular flexibility index (Phi) is 9.01. The van der Waals surface area contributed by atoms with E-state index in [4.69, 9.17) is 4.74 Å². The predicted molar refractivity (Wildman–Crippen MR) is 130 cm³/mol. The van der Waals surface area contributed by atoms with Gasteiger partial charge in [0.15, 0.2) is 0 Å². The van der Waals surface area contributed by atoms with E-state index in [1.54, 1.807) is 13.8 Å². The van der Waals surface area contributed by atoms with Crippen molar-refractivity contribution in [2.45, 2.75) is 51.4 Å². The Hall–Kier alpha value is -2.53. The smallest absolute Gasteiger partial charge is 0.251 e. The lowest BCUT2D eigenvalue weighted by Crippen LogP contribution is -2.40. The number of rotatable bonds is 10. The number of carbonyl (C=O) groups excluding carboxylic acids is 1. The van der Waals surface area contributed by atoms with Crippen LogP contribution in [0.1, 0.15) is 31.9 Å². The summed E-state index contributed by atoms with van der Waals surface area (Å²) in [5.41, 5.74) is 1.68. The van der Waals surface area contributed by atoms with Gasteiger partial charge in [-0.1, -0.05) is 38.1 Å². The van der Waals surface area contributed by atoms with Crippen molar-refractivity contribution < 1.29 is 17.9 Å². The van der Waals surface area contributed by atoms with Crippen molar-refractivity contribution in [1.82, 2.24) is 19.1 Å². The highest BCUT2D eigenvalue weighted by molar-refractivity contribution is 7.89. The molecule has 0 bridgehead atoms. The Morgan fingerprint density at radius 1 is 1.18 bits per heavy atom. The Morgan fingerprint density at radius 3 is 2.62 bits per heavy atom. The van der Waals surface area contributed by atoms with E-state index in [9.17, 15) is 18.0 Å². The van der Waals surface area contributed by atoms with E-state index in [1.165, 1.54) is 22.6 Å². The molecule has 1 aromatic heterocycles. The van der Waals surface area contributed by atoms with Crippen LogP contribution in [-0.2, 0) is 39.2 Å². The number of sulfonamides is 1. The van der Waals surface area contributed by atoms with Crippen LogP contribution in [0.3, 0.4) is 0 Å². The maximum absolute atomic E-state index is 12.7. The number of hydrogen-bond donors (Lipinski definition) is 1. The molecule has 9 nitrogen and oxygen atoms in total. The lowest BCUT2D eigenvalue weighted by molar-refractivity contribution is -0.121. The molecule has 1 aliphatic heterocycles. The molecule has 1 aliphatic rings. The van der Waals surface area contributed by atoms with Crippen LogP contribution in [-0.4, -0.2) is 67.0 Å². The summed E-state index contributed by atoms with van der Waals surface area (Å²) in [7, 11) is -3.72. The Bertz CT molecular complexity index is 1140. The normalized spacial score (nSPS) is 17.1. The molecule has 1 fully saturated rings. The molecule has 1 unspecified atom stereocenters. The van der Waals surface area contributed by atoms with Crippen molar-refractivity contribution in [2.24, 2.45) is 0 Å². The van der Waals surface area contributed by atoms with Gasteiger partial charge in [-0.3, -0.25) is 14.5 Å². The summed E-state index contributed by atoms with van der Waals surface area (Å²) in [5.74, 6) is -0.369. The number of hydrogen-bond acceptors (Lipinski definition) is 6. The van der Waals surface area contributed by atoms with Gasteiger partial charge in [-0.05, 0) is 24.1 Å². The summed E-state index contributed by atoms with van der Waals surface area (Å²) >= 11 is 0. The number of carbonyl (C=O) groups is 1. The fourth-order valence-electron chi connectivity index (χ4n) is 4.04. The van der Waals surface area contributed by atoms with Crippen LogP contribution in [0.2, 0.25) is 0 Å². The molecule has 1 aromatic carbocycles. The van der Waals surface area contributed by atoms with Gasteiger partial charge in [-0.25, -0.2) is 8.42 Å². The van der Waals surface area contributed by atoms with Crippen molar-refractivity contribution in [2.75, 3.05) is 32.8 Å². The van der Waals surface area contributed by atoms with Crippen molar-refractivity contribution in [3.8, 4) is 0 Å². The zero-order valence-electron chi connectivity index (χ0n) is 20.1. The molecule has 1 N–H and O–H groups in total. The van der Waals surface area contributed by atoms with Gasteiger partial charge in [-0.2, -0.15) is 4.31 Å². The third-order valence-corrected chi connectivity index (χ3v) is 7.86. The third kappa shape index (κ3) is 6.75. The molecular weight excluding hydrogens is 456 g/mol. The quantitative estimate of drug-likeness (QED) is 0.541. The maximum atomic E-state index is 12.7. The molecule has 0 aliphatic carbocycles. The molecule has 0 saturated carbocycles. The summed E-state index contributed by atoms with van der Waals surface area (Å²) < 4.78 is 33.5. The van der Waals surface area contributed by atoms with Gasteiger partial charge in [-0.15, -0.1) is 0 Å². The Labute approximate surface area is 201 Å². The van der Waals surface area contributed by atoms with Crippen LogP contribution >= 0.6 is 0 Å². The molecule has 0 radical (unpaired) electrons. The third-order valence-electron chi connectivity index (χ3n) is 5.83. The lowest BCUT2D eigenvalue weighted by atomic mass is 10.1. The number of ether oxygens (including phenoxy) is 1. The van der Waals surface area contributed by atoms with Crippen LogP contribution in [0, 0.1) is 0 Å². The molecule has 0 spiro atoms. The molecule has 2 aromatic rings. The zero-order valence-corrected chi connectivity index (χ0v) is 20.9. The highest BCUT2D eigenvalue weighted by Gasteiger charge is 2.22. The van der Waals surface area contributed by atoms with Crippen LogP contribution < -0.4 is 10.9 Å². The van der Waals surface area contributed by atoms with Gasteiger partial charge in [0.05, 0.1) is 17.6 Å². The topological polar surface area (TPSA) is 101 Å². The summed E-state index contributed by atoms with van der Waals surface area (Å²) in [6.07, 6.45) is 1.46. The first kappa shape index (κ1) is 26.1. The van der Waals surface area contributed by atoms with Gasteiger partial charge in [0, 0.05) is 51.5 Å². The number of morpholine rings is 1. The average Bonchev–Trinajstić information content (AvgIpc) is 2.80. The van der Waals surface area contributed by atoms with Crippen LogP contribution in [0.25, 0.3) is 0 Å². The molecule has 1 atom stereocenters. The molecular formula is C24H34N4O5S. The second kappa shape index (κ2) is 11.7. The van der Waals surface area contributed by atoms with E-state index in [2.05, 4.69) is 29.3 Å². The minimum absolute atomic E-state index is 0.00580. The van der Waals surface area contributed by atoms with E-state index >= 15 is 0 Å². The summed E-state index contributed by atoms with van der Waals surface area (Å²) in [5, 5.41) is 2.82. The highest BCUT2D eigenvalue weighted by Crippen LogP contribution is 2.14. The minimum atomic E-state index is -3.72. The number of aromatic nitrogens is 1. The number of pyridine rings is 1. The van der Waals surface area contributed by atoms with Gasteiger partial charge in [0.25, 0.3) is 5.56 Å². The zero-order chi connectivity index (χ0) is 24.7. The first-order chi connectivity index (χ1) is 16.2. The summed E-state index contributed by atoms with van der Waals surface area (Å²) in [4.78, 5) is 27.1. The fraction of sp³-hybridized carbons (Fsp3) is 0.500. The lowest BCUT2D eigenvalue weighted by Gasteiger charge is -2.31.